The Morgan fingerprint density at radius 2 is 2.10 bits per heavy atom. The quantitative estimate of drug-likeness (QED) is 0.861. The molecule has 1 aromatic carbocycles. The minimum absolute atomic E-state index is 0.0979. The van der Waals surface area contributed by atoms with Gasteiger partial charge in [-0.15, -0.1) is 5.10 Å². The van der Waals surface area contributed by atoms with Crippen LogP contribution < -0.4 is 11.0 Å². The van der Waals surface area contributed by atoms with Gasteiger partial charge < -0.3 is 5.32 Å². The molecule has 5 nitrogen and oxygen atoms in total. The van der Waals surface area contributed by atoms with E-state index in [1.807, 2.05) is 13.8 Å². The van der Waals surface area contributed by atoms with Crippen LogP contribution in [0, 0.1) is 0 Å². The van der Waals surface area contributed by atoms with Gasteiger partial charge in [0.1, 0.15) is 0 Å². The van der Waals surface area contributed by atoms with Crippen LogP contribution in [-0.2, 0) is 6.54 Å². The average molecular weight is 304 g/mol. The van der Waals surface area contributed by atoms with E-state index in [0.717, 1.165) is 17.5 Å². The molecule has 0 unspecified atom stereocenters. The molecule has 1 heterocycles. The van der Waals surface area contributed by atoms with Crippen molar-refractivity contribution in [1.82, 2.24) is 20.1 Å². The molecular formula is C15H20N4OS. The highest BCUT2D eigenvalue weighted by molar-refractivity contribution is 7.99. The maximum atomic E-state index is 11.7. The molecule has 21 heavy (non-hydrogen) atoms. The maximum absolute atomic E-state index is 11.7. The van der Waals surface area contributed by atoms with Gasteiger partial charge in [0.05, 0.1) is 0 Å². The Kier molecular flexibility index (Phi) is 4.17. The summed E-state index contributed by atoms with van der Waals surface area (Å²) in [5, 5.41) is 10.8. The van der Waals surface area contributed by atoms with Gasteiger partial charge >= 0.3 is 5.69 Å². The summed E-state index contributed by atoms with van der Waals surface area (Å²) in [4.78, 5) is 12.8. The van der Waals surface area contributed by atoms with Gasteiger partial charge in [0.2, 0.25) is 0 Å². The first kappa shape index (κ1) is 14.4. The second-order valence-electron chi connectivity index (χ2n) is 5.68. The number of H-pyrrole nitrogens is 1. The highest BCUT2D eigenvalue weighted by Crippen LogP contribution is 2.27. The fourth-order valence-electron chi connectivity index (χ4n) is 2.15. The van der Waals surface area contributed by atoms with Gasteiger partial charge in [-0.3, -0.25) is 4.57 Å². The number of rotatable bonds is 6. The van der Waals surface area contributed by atoms with Crippen LogP contribution in [0.4, 0.5) is 0 Å². The van der Waals surface area contributed by atoms with Crippen molar-refractivity contribution >= 4 is 11.8 Å². The SMILES string of the molecule is CC(C)n1c(Sc2ccc(CNC3CC3)cc2)n[nH]c1=O. The number of nitrogens with zero attached hydrogens (tertiary/aromatic N) is 2. The summed E-state index contributed by atoms with van der Waals surface area (Å²) in [5.74, 6) is 0. The Morgan fingerprint density at radius 3 is 2.71 bits per heavy atom. The van der Waals surface area contributed by atoms with E-state index in [4.69, 9.17) is 0 Å². The molecule has 0 radical (unpaired) electrons. The Bertz CT molecular complexity index is 655. The zero-order chi connectivity index (χ0) is 14.8. The second-order valence-corrected chi connectivity index (χ2v) is 6.72. The molecule has 1 fully saturated rings. The van der Waals surface area contributed by atoms with E-state index in [-0.39, 0.29) is 11.7 Å². The first-order valence-corrected chi connectivity index (χ1v) is 8.12. The summed E-state index contributed by atoms with van der Waals surface area (Å²) in [7, 11) is 0. The van der Waals surface area contributed by atoms with Crippen molar-refractivity contribution in [1.29, 1.82) is 0 Å². The fourth-order valence-corrected chi connectivity index (χ4v) is 3.11. The summed E-state index contributed by atoms with van der Waals surface area (Å²) < 4.78 is 1.67. The standard InChI is InChI=1S/C15H20N4OS/c1-10(2)19-14(20)17-18-15(19)21-13-7-3-11(4-8-13)9-16-12-5-6-12/h3-4,7-8,10,12,16H,5-6,9H2,1-2H3,(H,17,20). The number of hydrogen-bond donors (Lipinski definition) is 2. The summed E-state index contributed by atoms with van der Waals surface area (Å²) in [5.41, 5.74) is 1.13. The van der Waals surface area contributed by atoms with E-state index in [9.17, 15) is 4.79 Å². The van der Waals surface area contributed by atoms with Crippen molar-refractivity contribution in [3.63, 3.8) is 0 Å². The Labute approximate surface area is 128 Å². The molecule has 0 saturated heterocycles. The highest BCUT2D eigenvalue weighted by atomic mass is 32.2. The van der Waals surface area contributed by atoms with Crippen LogP contribution in [-0.4, -0.2) is 20.8 Å². The molecular weight excluding hydrogens is 284 g/mol. The van der Waals surface area contributed by atoms with Crippen LogP contribution in [0.3, 0.4) is 0 Å². The van der Waals surface area contributed by atoms with Crippen molar-refractivity contribution in [2.45, 2.75) is 55.4 Å². The van der Waals surface area contributed by atoms with Crippen molar-refractivity contribution in [2.24, 2.45) is 0 Å². The van der Waals surface area contributed by atoms with E-state index in [1.54, 1.807) is 4.57 Å². The lowest BCUT2D eigenvalue weighted by molar-refractivity contribution is 0.534. The van der Waals surface area contributed by atoms with Crippen LogP contribution in [0.1, 0.15) is 38.3 Å². The normalized spacial score (nSPS) is 14.8. The Balaban J connectivity index is 1.68. The first-order chi connectivity index (χ1) is 10.1. The molecule has 1 aliphatic carbocycles. The molecule has 0 atom stereocenters. The molecule has 3 rings (SSSR count). The van der Waals surface area contributed by atoms with Gasteiger partial charge in [0.15, 0.2) is 5.16 Å². The molecule has 1 saturated carbocycles. The number of benzene rings is 1. The molecule has 2 N–H and O–H groups in total. The summed E-state index contributed by atoms with van der Waals surface area (Å²) in [6.07, 6.45) is 2.61. The topological polar surface area (TPSA) is 62.7 Å². The summed E-state index contributed by atoms with van der Waals surface area (Å²) >= 11 is 1.51. The van der Waals surface area contributed by atoms with Crippen LogP contribution >= 0.6 is 11.8 Å². The monoisotopic (exact) mass is 304 g/mol. The lowest BCUT2D eigenvalue weighted by atomic mass is 10.2. The highest BCUT2D eigenvalue weighted by Gasteiger charge is 2.19. The third kappa shape index (κ3) is 3.57. The van der Waals surface area contributed by atoms with Crippen molar-refractivity contribution in [2.75, 3.05) is 0 Å². The summed E-state index contributed by atoms with van der Waals surface area (Å²) in [6.45, 7) is 4.88. The third-order valence-electron chi connectivity index (χ3n) is 3.49. The van der Waals surface area contributed by atoms with Crippen LogP contribution in [0.5, 0.6) is 0 Å². The van der Waals surface area contributed by atoms with Crippen molar-refractivity contribution in [3.8, 4) is 0 Å². The fraction of sp³-hybridized carbons (Fsp3) is 0.467. The first-order valence-electron chi connectivity index (χ1n) is 7.30. The molecule has 6 heteroatoms. The molecule has 0 spiro atoms. The van der Waals surface area contributed by atoms with Crippen molar-refractivity contribution < 1.29 is 0 Å². The predicted octanol–water partition coefficient (Wildman–Crippen LogP) is 2.56. The molecule has 0 aliphatic heterocycles. The van der Waals surface area contributed by atoms with Crippen molar-refractivity contribution in [3.05, 3.63) is 40.3 Å². The lowest BCUT2D eigenvalue weighted by Gasteiger charge is -2.09. The third-order valence-corrected chi connectivity index (χ3v) is 4.47. The van der Waals surface area contributed by atoms with Crippen LogP contribution in [0.15, 0.2) is 39.1 Å². The molecule has 112 valence electrons. The molecule has 1 aliphatic rings. The van der Waals surface area contributed by atoms with E-state index in [0.29, 0.717) is 5.16 Å². The Hall–Kier alpha value is -1.53. The predicted molar refractivity (Wildman–Crippen MR) is 83.7 cm³/mol. The lowest BCUT2D eigenvalue weighted by Crippen LogP contribution is -2.19. The van der Waals surface area contributed by atoms with Crippen LogP contribution in [0.25, 0.3) is 0 Å². The van der Waals surface area contributed by atoms with Gasteiger partial charge in [0.25, 0.3) is 0 Å². The minimum Gasteiger partial charge on any atom is -0.310 e. The number of aromatic nitrogens is 3. The van der Waals surface area contributed by atoms with Gasteiger partial charge in [-0.2, -0.15) is 0 Å². The zero-order valence-electron chi connectivity index (χ0n) is 12.3. The van der Waals surface area contributed by atoms with E-state index in [1.165, 1.54) is 30.2 Å². The van der Waals surface area contributed by atoms with Gasteiger partial charge in [0, 0.05) is 23.5 Å². The molecule has 0 amide bonds. The minimum atomic E-state index is -0.155. The largest absolute Gasteiger partial charge is 0.344 e. The molecule has 2 aromatic rings. The number of hydrogen-bond acceptors (Lipinski definition) is 4. The summed E-state index contributed by atoms with van der Waals surface area (Å²) in [6, 6.07) is 9.24. The van der Waals surface area contributed by atoms with E-state index >= 15 is 0 Å². The molecule has 0 bridgehead atoms. The Morgan fingerprint density at radius 1 is 1.38 bits per heavy atom. The number of aromatic amines is 1. The maximum Gasteiger partial charge on any atom is 0.344 e. The smallest absolute Gasteiger partial charge is 0.310 e. The molecule has 1 aromatic heterocycles. The average Bonchev–Trinajstić information content (AvgIpc) is 3.21. The number of nitrogens with one attached hydrogen (secondary N) is 2. The van der Waals surface area contributed by atoms with Gasteiger partial charge in [-0.05, 0) is 56.1 Å². The van der Waals surface area contributed by atoms with E-state index in [2.05, 4.69) is 39.8 Å². The van der Waals surface area contributed by atoms with Gasteiger partial charge in [-0.1, -0.05) is 12.1 Å². The zero-order valence-corrected chi connectivity index (χ0v) is 13.1. The van der Waals surface area contributed by atoms with Gasteiger partial charge in [-0.25, -0.2) is 9.89 Å². The van der Waals surface area contributed by atoms with Crippen LogP contribution in [0.2, 0.25) is 0 Å². The second kappa shape index (κ2) is 6.07. The van der Waals surface area contributed by atoms with E-state index < -0.39 is 0 Å².